The normalized spacial score (nSPS) is 19.4. The number of piperidine rings is 2. The Hall–Kier alpha value is -5.14. The fourth-order valence-corrected chi connectivity index (χ4v) is 9.51. The summed E-state index contributed by atoms with van der Waals surface area (Å²) >= 11 is 6.51. The van der Waals surface area contributed by atoms with E-state index in [-0.39, 0.29) is 26.7 Å². The summed E-state index contributed by atoms with van der Waals surface area (Å²) in [5, 5.41) is 10.6. The van der Waals surface area contributed by atoms with Gasteiger partial charge in [-0.05, 0) is 86.9 Å². The third kappa shape index (κ3) is 8.24. The number of carbonyl (C=O) groups is 4. The second-order valence-electron chi connectivity index (χ2n) is 15.3. The van der Waals surface area contributed by atoms with E-state index < -0.39 is 23.8 Å². The van der Waals surface area contributed by atoms with Crippen LogP contribution < -0.4 is 30.9 Å². The molecule has 1 unspecified atom stereocenters. The lowest BCUT2D eigenvalue weighted by Gasteiger charge is -2.43. The molecule has 3 saturated heterocycles. The Morgan fingerprint density at radius 2 is 1.62 bits per heavy atom. The number of methoxy groups -OCH3 is 1. The second kappa shape index (κ2) is 17.0. The summed E-state index contributed by atoms with van der Waals surface area (Å²) in [5.74, 6) is -0.314. The Labute approximate surface area is 344 Å². The van der Waals surface area contributed by atoms with Gasteiger partial charge in [0, 0.05) is 62.6 Å². The van der Waals surface area contributed by atoms with Gasteiger partial charge in [-0.1, -0.05) is 43.8 Å². The van der Waals surface area contributed by atoms with Crippen LogP contribution in [0.1, 0.15) is 52.0 Å². The van der Waals surface area contributed by atoms with E-state index in [1.165, 1.54) is 5.30 Å². The number of aromatic nitrogens is 2. The van der Waals surface area contributed by atoms with Gasteiger partial charge in [-0.25, -0.2) is 4.98 Å². The maximum Gasteiger partial charge on any atom is 0.262 e. The lowest BCUT2D eigenvalue weighted by Crippen LogP contribution is -2.54. The van der Waals surface area contributed by atoms with Crippen molar-refractivity contribution in [2.45, 2.75) is 44.3 Å². The minimum atomic E-state index is -0.964. The molecule has 0 aliphatic carbocycles. The van der Waals surface area contributed by atoms with Crippen LogP contribution in [0.2, 0.25) is 5.02 Å². The lowest BCUT2D eigenvalue weighted by atomic mass is 10.0. The van der Waals surface area contributed by atoms with E-state index in [2.05, 4.69) is 67.2 Å². The van der Waals surface area contributed by atoms with Gasteiger partial charge < -0.3 is 20.3 Å². The van der Waals surface area contributed by atoms with Crippen LogP contribution in [0.25, 0.3) is 0 Å². The molecule has 58 heavy (non-hydrogen) atoms. The first-order chi connectivity index (χ1) is 28.1. The van der Waals surface area contributed by atoms with Crippen LogP contribution in [0.15, 0.2) is 66.9 Å². The Bertz CT molecular complexity index is 2240. The minimum Gasteiger partial charge on any atom is -0.494 e. The molecule has 3 N–H and O–H groups in total. The first-order valence-electron chi connectivity index (χ1n) is 19.6. The minimum absolute atomic E-state index is 0.0974. The van der Waals surface area contributed by atoms with Crippen molar-refractivity contribution in [3.8, 4) is 5.75 Å². The number of fused-ring (bicyclic) bond motifs is 1. The number of hydrogen-bond donors (Lipinski definition) is 3. The van der Waals surface area contributed by atoms with E-state index in [0.717, 1.165) is 79.6 Å². The zero-order chi connectivity index (χ0) is 40.5. The number of amides is 4. The van der Waals surface area contributed by atoms with Crippen molar-refractivity contribution in [2.75, 3.05) is 75.2 Å². The highest BCUT2D eigenvalue weighted by molar-refractivity contribution is 7.64. The van der Waals surface area contributed by atoms with Crippen LogP contribution in [0.5, 0.6) is 5.75 Å². The van der Waals surface area contributed by atoms with Crippen LogP contribution >= 0.6 is 19.5 Å². The van der Waals surface area contributed by atoms with E-state index in [1.54, 1.807) is 25.4 Å². The van der Waals surface area contributed by atoms with E-state index in [4.69, 9.17) is 21.3 Å². The second-order valence-corrected chi connectivity index (χ2v) is 18.0. The summed E-state index contributed by atoms with van der Waals surface area (Å²) in [7, 11) is 1.34. The lowest BCUT2D eigenvalue weighted by molar-refractivity contribution is -0.136. The molecule has 16 heteroatoms. The highest BCUT2D eigenvalue weighted by Gasteiger charge is 2.44. The number of likely N-dealkylation sites (tertiary alicyclic amines) is 1. The van der Waals surface area contributed by atoms with Crippen LogP contribution in [0, 0.1) is 0 Å². The van der Waals surface area contributed by atoms with Gasteiger partial charge in [0.05, 0.1) is 30.1 Å². The summed E-state index contributed by atoms with van der Waals surface area (Å²) in [4.78, 5) is 68.0. The van der Waals surface area contributed by atoms with Gasteiger partial charge in [-0.2, -0.15) is 4.98 Å². The molecule has 1 atom stereocenters. The standard InChI is InChI=1S/C42H47ClN9O5P/c1-57-35-23-28(9-11-32(35)46-42-44-24-31(43)38(48-42)45-33-6-4-5-7-36(33)58(2)3)51-20-18-50(19-21-51)27-14-16-49(17-15-27)25-26-8-10-29-30(22-26)41(56)52(40(29)55)34-12-13-37(53)47-39(34)54/h4-11,22-24,27,34H,12-21,25H2,1-3H3,(H,47,53,54)(H2,44,45,46,48). The van der Waals surface area contributed by atoms with Gasteiger partial charge in [0.15, 0.2) is 5.82 Å². The predicted octanol–water partition coefficient (Wildman–Crippen LogP) is 5.18. The third-order valence-corrected chi connectivity index (χ3v) is 13.1. The fraction of sp³-hybridized carbons (Fsp3) is 0.381. The SMILES string of the molecule is COc1cc(N2CCN(C3CCN(Cc4ccc5c(c4)C(=O)N(C4CCC(=O)NC4=O)C5=O)CC3)CC2)ccc1Nc1ncc(Cl)c(Nc2ccccc2P(C)C)n1. The molecular formula is C42H47ClN9O5P. The monoisotopic (exact) mass is 823 g/mol. The van der Waals surface area contributed by atoms with E-state index in [9.17, 15) is 19.2 Å². The summed E-state index contributed by atoms with van der Waals surface area (Å²) in [6, 6.07) is 19.3. The highest BCUT2D eigenvalue weighted by Crippen LogP contribution is 2.35. The van der Waals surface area contributed by atoms with Crippen molar-refractivity contribution in [2.24, 2.45) is 0 Å². The molecule has 0 radical (unpaired) electrons. The number of hydrogen-bond acceptors (Lipinski definition) is 12. The molecule has 0 spiro atoms. The number of imide groups is 2. The molecule has 4 amide bonds. The Balaban J connectivity index is 0.830. The predicted molar refractivity (Wildman–Crippen MR) is 227 cm³/mol. The van der Waals surface area contributed by atoms with Crippen LogP contribution in [-0.4, -0.2) is 120 Å². The van der Waals surface area contributed by atoms with Crippen LogP contribution in [0.3, 0.4) is 0 Å². The largest absolute Gasteiger partial charge is 0.494 e. The molecule has 3 fully saturated rings. The number of nitrogens with one attached hydrogen (secondary N) is 3. The number of benzene rings is 3. The summed E-state index contributed by atoms with van der Waals surface area (Å²) < 4.78 is 5.82. The van der Waals surface area contributed by atoms with Gasteiger partial charge >= 0.3 is 0 Å². The average Bonchev–Trinajstić information content (AvgIpc) is 3.47. The molecule has 4 aliphatic heterocycles. The number of halogens is 1. The zero-order valence-electron chi connectivity index (χ0n) is 32.8. The Morgan fingerprint density at radius 3 is 2.36 bits per heavy atom. The Morgan fingerprint density at radius 1 is 0.862 bits per heavy atom. The Kier molecular flexibility index (Phi) is 11.6. The summed E-state index contributed by atoms with van der Waals surface area (Å²) in [6.45, 7) is 10.7. The van der Waals surface area contributed by atoms with E-state index in [1.807, 2.05) is 30.3 Å². The van der Waals surface area contributed by atoms with Crippen LogP contribution in [-0.2, 0) is 16.1 Å². The molecule has 8 rings (SSSR count). The summed E-state index contributed by atoms with van der Waals surface area (Å²) in [5.41, 5.74) is 4.42. The molecule has 14 nitrogen and oxygen atoms in total. The molecule has 302 valence electrons. The number of anilines is 5. The quantitative estimate of drug-likeness (QED) is 0.135. The van der Waals surface area contributed by atoms with Crippen molar-refractivity contribution in [3.63, 3.8) is 0 Å². The molecule has 0 bridgehead atoms. The van der Waals surface area contributed by atoms with Crippen molar-refractivity contribution < 1.29 is 23.9 Å². The van der Waals surface area contributed by atoms with Crippen molar-refractivity contribution >= 4 is 77.3 Å². The number of nitrogens with zero attached hydrogens (tertiary/aromatic N) is 6. The van der Waals surface area contributed by atoms with E-state index in [0.29, 0.717) is 46.3 Å². The highest BCUT2D eigenvalue weighted by atomic mass is 35.5. The molecule has 4 aliphatic rings. The summed E-state index contributed by atoms with van der Waals surface area (Å²) in [6.07, 6.45) is 3.93. The zero-order valence-corrected chi connectivity index (χ0v) is 34.5. The smallest absolute Gasteiger partial charge is 0.262 e. The van der Waals surface area contributed by atoms with Gasteiger partial charge in [-0.15, -0.1) is 0 Å². The molecular weight excluding hydrogens is 777 g/mol. The van der Waals surface area contributed by atoms with E-state index >= 15 is 0 Å². The fourth-order valence-electron chi connectivity index (χ4n) is 8.37. The molecule has 3 aromatic carbocycles. The molecule has 5 heterocycles. The molecule has 1 aromatic heterocycles. The van der Waals surface area contributed by atoms with Crippen molar-refractivity contribution in [3.05, 3.63) is 88.6 Å². The molecule has 4 aromatic rings. The van der Waals surface area contributed by atoms with Gasteiger partial charge in [0.25, 0.3) is 11.8 Å². The maximum atomic E-state index is 13.3. The number of rotatable bonds is 11. The van der Waals surface area contributed by atoms with Crippen molar-refractivity contribution in [1.29, 1.82) is 0 Å². The topological polar surface area (TPSA) is 152 Å². The molecule has 0 saturated carbocycles. The number of carbonyl (C=O) groups excluding carboxylic acids is 4. The van der Waals surface area contributed by atoms with Crippen molar-refractivity contribution in [1.82, 2.24) is 30.0 Å². The number of ether oxygens (including phenoxy) is 1. The maximum absolute atomic E-state index is 13.3. The first kappa shape index (κ1) is 39.7. The number of piperazine rings is 1. The van der Waals surface area contributed by atoms with Gasteiger partial charge in [0.1, 0.15) is 16.8 Å². The average molecular weight is 824 g/mol. The van der Waals surface area contributed by atoms with Gasteiger partial charge in [-0.3, -0.25) is 39.2 Å². The van der Waals surface area contributed by atoms with Crippen LogP contribution in [0.4, 0.5) is 28.8 Å². The number of para-hydroxylation sites is 1. The first-order valence-corrected chi connectivity index (χ1v) is 22.2. The third-order valence-electron chi connectivity index (χ3n) is 11.5. The van der Waals surface area contributed by atoms with Gasteiger partial charge in [0.2, 0.25) is 17.8 Å².